The lowest BCUT2D eigenvalue weighted by Crippen LogP contribution is -2.43. The van der Waals surface area contributed by atoms with Gasteiger partial charge in [-0.2, -0.15) is 13.2 Å². The highest BCUT2D eigenvalue weighted by Crippen LogP contribution is 2.46. The lowest BCUT2D eigenvalue weighted by molar-refractivity contribution is -0.137. The number of carbonyl (C=O) groups is 2. The van der Waals surface area contributed by atoms with E-state index in [0.717, 1.165) is 74.9 Å². The number of hydrogen-bond acceptors (Lipinski definition) is 3. The minimum absolute atomic E-state index is 0.163. The van der Waals surface area contributed by atoms with Crippen LogP contribution in [0.2, 0.25) is 0 Å². The van der Waals surface area contributed by atoms with Crippen molar-refractivity contribution in [2.75, 3.05) is 19.6 Å². The van der Waals surface area contributed by atoms with Crippen LogP contribution in [0.3, 0.4) is 0 Å². The first-order chi connectivity index (χ1) is 17.2. The second kappa shape index (κ2) is 8.61. The first-order valence-corrected chi connectivity index (χ1v) is 12.9. The molecule has 1 spiro atoms. The normalized spacial score (nSPS) is 24.0. The molecule has 2 aromatic carbocycles. The SMILES string of the molecule is O=C(C1CC1)N1CCC(CN2C(=O)C3(CC3)NC2c2ccc(-c3ccc(C(F)(F)F)cc3)cc2)CC1. The van der Waals surface area contributed by atoms with Gasteiger partial charge in [-0.3, -0.25) is 14.9 Å². The van der Waals surface area contributed by atoms with Crippen molar-refractivity contribution in [1.82, 2.24) is 15.1 Å². The van der Waals surface area contributed by atoms with Gasteiger partial charge >= 0.3 is 6.18 Å². The van der Waals surface area contributed by atoms with Gasteiger partial charge in [-0.25, -0.2) is 0 Å². The molecule has 2 saturated carbocycles. The summed E-state index contributed by atoms with van der Waals surface area (Å²) in [5.41, 5.74) is 1.42. The summed E-state index contributed by atoms with van der Waals surface area (Å²) in [6, 6.07) is 12.9. The Balaban J connectivity index is 1.15. The summed E-state index contributed by atoms with van der Waals surface area (Å²) >= 11 is 0. The largest absolute Gasteiger partial charge is 0.416 e. The summed E-state index contributed by atoms with van der Waals surface area (Å²) < 4.78 is 38.7. The van der Waals surface area contributed by atoms with Crippen LogP contribution in [0.15, 0.2) is 48.5 Å². The quantitative estimate of drug-likeness (QED) is 0.634. The third kappa shape index (κ3) is 4.40. The average molecular weight is 498 g/mol. The molecule has 0 aromatic heterocycles. The van der Waals surface area contributed by atoms with Crippen molar-refractivity contribution in [1.29, 1.82) is 0 Å². The van der Waals surface area contributed by atoms with Gasteiger partial charge in [0.25, 0.3) is 0 Å². The lowest BCUT2D eigenvalue weighted by Gasteiger charge is -2.35. The van der Waals surface area contributed by atoms with Crippen LogP contribution >= 0.6 is 0 Å². The minimum atomic E-state index is -4.35. The molecule has 2 aromatic rings. The number of piperidine rings is 1. The molecule has 4 aliphatic rings. The van der Waals surface area contributed by atoms with Crippen molar-refractivity contribution in [3.05, 3.63) is 59.7 Å². The van der Waals surface area contributed by atoms with E-state index >= 15 is 0 Å². The number of amides is 2. The van der Waals surface area contributed by atoms with Crippen LogP contribution in [0.5, 0.6) is 0 Å². The molecule has 6 rings (SSSR count). The van der Waals surface area contributed by atoms with E-state index in [1.54, 1.807) is 0 Å². The fourth-order valence-corrected chi connectivity index (χ4v) is 5.64. The van der Waals surface area contributed by atoms with Gasteiger partial charge in [0.05, 0.1) is 5.56 Å². The van der Waals surface area contributed by atoms with E-state index in [9.17, 15) is 22.8 Å². The summed E-state index contributed by atoms with van der Waals surface area (Å²) in [6.45, 7) is 2.21. The molecule has 1 unspecified atom stereocenters. The van der Waals surface area contributed by atoms with Crippen LogP contribution in [-0.2, 0) is 15.8 Å². The zero-order valence-corrected chi connectivity index (χ0v) is 20.1. The highest BCUT2D eigenvalue weighted by Gasteiger charge is 2.59. The molecule has 1 N–H and O–H groups in total. The molecule has 8 heteroatoms. The van der Waals surface area contributed by atoms with E-state index in [2.05, 4.69) is 5.32 Å². The molecule has 0 bridgehead atoms. The topological polar surface area (TPSA) is 52.7 Å². The molecule has 0 radical (unpaired) electrons. The molecule has 36 heavy (non-hydrogen) atoms. The van der Waals surface area contributed by atoms with Crippen molar-refractivity contribution in [3.63, 3.8) is 0 Å². The maximum atomic E-state index is 13.3. The van der Waals surface area contributed by atoms with E-state index in [1.807, 2.05) is 34.1 Å². The second-order valence-electron chi connectivity index (χ2n) is 10.8. The third-order valence-corrected chi connectivity index (χ3v) is 8.22. The van der Waals surface area contributed by atoms with Crippen LogP contribution < -0.4 is 5.32 Å². The standard InChI is InChI=1S/C28H30F3N3O2/c29-28(30,31)23-9-7-20(8-10-23)19-1-3-21(4-2-19)24-32-27(13-14-27)26(36)34(24)17-18-11-15-33(16-12-18)25(35)22-5-6-22/h1-4,7-10,18,22,24,32H,5-6,11-17H2. The van der Waals surface area contributed by atoms with Gasteiger partial charge in [0.15, 0.2) is 0 Å². The van der Waals surface area contributed by atoms with E-state index in [0.29, 0.717) is 23.9 Å². The second-order valence-corrected chi connectivity index (χ2v) is 10.8. The summed E-state index contributed by atoms with van der Waals surface area (Å²) in [5.74, 6) is 1.07. The Labute approximate surface area is 208 Å². The lowest BCUT2D eigenvalue weighted by atomic mass is 9.95. The number of nitrogens with zero attached hydrogens (tertiary/aromatic N) is 2. The molecule has 2 amide bonds. The minimum Gasteiger partial charge on any atom is -0.342 e. The van der Waals surface area contributed by atoms with Crippen molar-refractivity contribution >= 4 is 11.8 Å². The molecule has 2 heterocycles. The smallest absolute Gasteiger partial charge is 0.342 e. The molecule has 4 fully saturated rings. The number of hydrogen-bond donors (Lipinski definition) is 1. The van der Waals surface area contributed by atoms with Gasteiger partial charge in [0, 0.05) is 25.6 Å². The highest BCUT2D eigenvalue weighted by molar-refractivity contribution is 5.92. The van der Waals surface area contributed by atoms with E-state index in [-0.39, 0.29) is 18.0 Å². The number of nitrogens with one attached hydrogen (secondary N) is 1. The van der Waals surface area contributed by atoms with Gasteiger partial charge < -0.3 is 9.80 Å². The molecular formula is C28H30F3N3O2. The Kier molecular flexibility index (Phi) is 5.63. The molecule has 1 atom stereocenters. The Morgan fingerprint density at radius 2 is 1.50 bits per heavy atom. The van der Waals surface area contributed by atoms with Crippen LogP contribution in [0.1, 0.15) is 55.8 Å². The third-order valence-electron chi connectivity index (χ3n) is 8.22. The summed E-state index contributed by atoms with van der Waals surface area (Å²) in [4.78, 5) is 29.7. The first-order valence-electron chi connectivity index (χ1n) is 12.9. The monoisotopic (exact) mass is 497 g/mol. The van der Waals surface area contributed by atoms with Gasteiger partial charge in [0.1, 0.15) is 11.7 Å². The Morgan fingerprint density at radius 1 is 0.917 bits per heavy atom. The number of carbonyl (C=O) groups excluding carboxylic acids is 2. The van der Waals surface area contributed by atoms with Crippen LogP contribution in [-0.4, -0.2) is 46.8 Å². The molecule has 5 nitrogen and oxygen atoms in total. The van der Waals surface area contributed by atoms with Gasteiger partial charge in [0.2, 0.25) is 11.8 Å². The predicted octanol–water partition coefficient (Wildman–Crippen LogP) is 4.98. The fraction of sp³-hybridized carbons (Fsp3) is 0.500. The number of alkyl halides is 3. The number of benzene rings is 2. The molecular weight excluding hydrogens is 467 g/mol. The summed E-state index contributed by atoms with van der Waals surface area (Å²) in [7, 11) is 0. The zero-order chi connectivity index (χ0) is 25.1. The Morgan fingerprint density at radius 3 is 2.03 bits per heavy atom. The number of likely N-dealkylation sites (tertiary alicyclic amines) is 1. The Hall–Kier alpha value is -2.87. The predicted molar refractivity (Wildman–Crippen MR) is 128 cm³/mol. The van der Waals surface area contributed by atoms with E-state index < -0.39 is 17.3 Å². The van der Waals surface area contributed by atoms with Gasteiger partial charge in [-0.15, -0.1) is 0 Å². The zero-order valence-electron chi connectivity index (χ0n) is 20.1. The fourth-order valence-electron chi connectivity index (χ4n) is 5.64. The van der Waals surface area contributed by atoms with Crippen molar-refractivity contribution in [3.8, 4) is 11.1 Å². The highest BCUT2D eigenvalue weighted by atomic mass is 19.4. The average Bonchev–Trinajstić information content (AvgIpc) is 3.81. The maximum Gasteiger partial charge on any atom is 0.416 e. The maximum absolute atomic E-state index is 13.3. The van der Waals surface area contributed by atoms with Crippen molar-refractivity contribution < 1.29 is 22.8 Å². The number of rotatable bonds is 5. The molecule has 2 aliphatic heterocycles. The number of halogens is 3. The van der Waals surface area contributed by atoms with Crippen LogP contribution in [0, 0.1) is 11.8 Å². The van der Waals surface area contributed by atoms with Crippen molar-refractivity contribution in [2.45, 2.75) is 56.4 Å². The molecule has 190 valence electrons. The van der Waals surface area contributed by atoms with Crippen molar-refractivity contribution in [2.24, 2.45) is 11.8 Å². The first kappa shape index (κ1) is 23.5. The van der Waals surface area contributed by atoms with E-state index in [4.69, 9.17) is 0 Å². The Bertz CT molecular complexity index is 1150. The summed E-state index contributed by atoms with van der Waals surface area (Å²) in [5, 5.41) is 3.57. The van der Waals surface area contributed by atoms with Crippen LogP contribution in [0.4, 0.5) is 13.2 Å². The van der Waals surface area contributed by atoms with Crippen LogP contribution in [0.25, 0.3) is 11.1 Å². The molecule has 2 saturated heterocycles. The van der Waals surface area contributed by atoms with E-state index in [1.165, 1.54) is 12.1 Å². The van der Waals surface area contributed by atoms with Gasteiger partial charge in [-0.05, 0) is 73.3 Å². The van der Waals surface area contributed by atoms with Gasteiger partial charge in [-0.1, -0.05) is 36.4 Å². The molecule has 2 aliphatic carbocycles. The summed E-state index contributed by atoms with van der Waals surface area (Å²) in [6.07, 6.45) is 0.988.